The maximum atomic E-state index is 12.8. The van der Waals surface area contributed by atoms with Crippen molar-refractivity contribution in [2.24, 2.45) is 0 Å². The first-order valence-corrected chi connectivity index (χ1v) is 9.53. The van der Waals surface area contributed by atoms with Crippen molar-refractivity contribution >= 4 is 17.0 Å². The van der Waals surface area contributed by atoms with Crippen molar-refractivity contribution in [3.05, 3.63) is 72.2 Å². The van der Waals surface area contributed by atoms with Gasteiger partial charge in [-0.15, -0.1) is 0 Å². The van der Waals surface area contributed by atoms with Crippen LogP contribution in [0.15, 0.2) is 65.1 Å². The Morgan fingerprint density at radius 1 is 1.04 bits per heavy atom. The summed E-state index contributed by atoms with van der Waals surface area (Å²) in [5.74, 6) is 1.02. The highest BCUT2D eigenvalue weighted by Gasteiger charge is 2.28. The monoisotopic (exact) mass is 372 g/mol. The maximum Gasteiger partial charge on any atom is 0.271 e. The Kier molecular flexibility index (Phi) is 4.16. The van der Waals surface area contributed by atoms with Gasteiger partial charge in [-0.2, -0.15) is 5.10 Å². The van der Waals surface area contributed by atoms with Gasteiger partial charge in [0, 0.05) is 24.6 Å². The number of nitrogens with one attached hydrogen (secondary N) is 1. The molecule has 4 aromatic rings. The Hall–Kier alpha value is -3.41. The van der Waals surface area contributed by atoms with E-state index in [0.29, 0.717) is 18.8 Å². The summed E-state index contributed by atoms with van der Waals surface area (Å²) in [6.07, 6.45) is 1.69. The SMILES string of the molecule is O=C(c1cc(-c2ccccc2)n[nH]1)N1CCC(c2nc3ccccc3o2)CC1. The lowest BCUT2D eigenvalue weighted by Crippen LogP contribution is -2.38. The van der Waals surface area contributed by atoms with Gasteiger partial charge in [-0.3, -0.25) is 9.89 Å². The zero-order valence-corrected chi connectivity index (χ0v) is 15.3. The number of benzene rings is 2. The average molecular weight is 372 g/mol. The molecule has 1 aliphatic rings. The molecule has 140 valence electrons. The Bertz CT molecular complexity index is 1070. The highest BCUT2D eigenvalue weighted by Crippen LogP contribution is 2.30. The number of carbonyl (C=O) groups is 1. The Balaban J connectivity index is 1.26. The summed E-state index contributed by atoms with van der Waals surface area (Å²) in [7, 11) is 0. The second kappa shape index (κ2) is 6.96. The molecule has 1 amide bonds. The lowest BCUT2D eigenvalue weighted by molar-refractivity contribution is 0.0700. The van der Waals surface area contributed by atoms with Crippen LogP contribution < -0.4 is 0 Å². The van der Waals surface area contributed by atoms with Gasteiger partial charge in [0.05, 0.1) is 5.69 Å². The zero-order chi connectivity index (χ0) is 18.9. The molecule has 5 rings (SSSR count). The molecular formula is C22H20N4O2. The number of rotatable bonds is 3. The standard InChI is InChI=1S/C22H20N4O2/c27-22(19-14-18(24-25-19)15-6-2-1-3-7-15)26-12-10-16(11-13-26)21-23-17-8-4-5-9-20(17)28-21/h1-9,14,16H,10-13H2,(H,24,25). The van der Waals surface area contributed by atoms with Crippen LogP contribution >= 0.6 is 0 Å². The minimum absolute atomic E-state index is 0.00861. The summed E-state index contributed by atoms with van der Waals surface area (Å²) in [6, 6.07) is 19.5. The number of oxazole rings is 1. The first-order chi connectivity index (χ1) is 13.8. The van der Waals surface area contributed by atoms with E-state index < -0.39 is 0 Å². The molecule has 28 heavy (non-hydrogen) atoms. The molecule has 0 aliphatic carbocycles. The number of fused-ring (bicyclic) bond motifs is 1. The number of para-hydroxylation sites is 2. The van der Waals surface area contributed by atoms with Crippen molar-refractivity contribution in [1.82, 2.24) is 20.1 Å². The molecule has 0 atom stereocenters. The number of nitrogens with zero attached hydrogens (tertiary/aromatic N) is 3. The van der Waals surface area contributed by atoms with Crippen LogP contribution in [0.25, 0.3) is 22.4 Å². The molecule has 0 bridgehead atoms. The third-order valence-electron chi connectivity index (χ3n) is 5.32. The van der Waals surface area contributed by atoms with Crippen molar-refractivity contribution in [2.45, 2.75) is 18.8 Å². The van der Waals surface area contributed by atoms with E-state index in [9.17, 15) is 4.79 Å². The largest absolute Gasteiger partial charge is 0.440 e. The highest BCUT2D eigenvalue weighted by atomic mass is 16.3. The van der Waals surface area contributed by atoms with E-state index >= 15 is 0 Å². The molecule has 0 radical (unpaired) electrons. The molecule has 2 aromatic heterocycles. The third-order valence-corrected chi connectivity index (χ3v) is 5.32. The van der Waals surface area contributed by atoms with E-state index in [-0.39, 0.29) is 11.8 Å². The summed E-state index contributed by atoms with van der Waals surface area (Å²) in [4.78, 5) is 19.3. The van der Waals surface area contributed by atoms with E-state index in [1.165, 1.54) is 0 Å². The molecule has 6 nitrogen and oxygen atoms in total. The van der Waals surface area contributed by atoms with Crippen LogP contribution in [0, 0.1) is 0 Å². The molecule has 2 aromatic carbocycles. The Morgan fingerprint density at radius 2 is 1.79 bits per heavy atom. The van der Waals surface area contributed by atoms with Crippen LogP contribution in [0.3, 0.4) is 0 Å². The number of likely N-dealkylation sites (tertiary alicyclic amines) is 1. The minimum Gasteiger partial charge on any atom is -0.440 e. The lowest BCUT2D eigenvalue weighted by atomic mass is 9.96. The van der Waals surface area contributed by atoms with Crippen molar-refractivity contribution in [2.75, 3.05) is 13.1 Å². The summed E-state index contributed by atoms with van der Waals surface area (Å²) < 4.78 is 5.91. The number of amides is 1. The predicted molar refractivity (Wildman–Crippen MR) is 106 cm³/mol. The van der Waals surface area contributed by atoms with Crippen molar-refractivity contribution in [1.29, 1.82) is 0 Å². The second-order valence-corrected chi connectivity index (χ2v) is 7.12. The van der Waals surface area contributed by atoms with E-state index in [2.05, 4.69) is 15.2 Å². The van der Waals surface area contributed by atoms with Gasteiger partial charge in [0.15, 0.2) is 11.5 Å². The summed E-state index contributed by atoms with van der Waals surface area (Å²) >= 11 is 0. The van der Waals surface area contributed by atoms with Gasteiger partial charge in [0.1, 0.15) is 11.2 Å². The molecule has 1 fully saturated rings. The number of piperidine rings is 1. The van der Waals surface area contributed by atoms with Crippen LogP contribution in [0.2, 0.25) is 0 Å². The van der Waals surface area contributed by atoms with E-state index in [4.69, 9.17) is 4.42 Å². The van der Waals surface area contributed by atoms with Crippen LogP contribution in [0.5, 0.6) is 0 Å². The fourth-order valence-corrected chi connectivity index (χ4v) is 3.75. The summed E-state index contributed by atoms with van der Waals surface area (Å²) in [5, 5.41) is 7.18. The molecular weight excluding hydrogens is 352 g/mol. The molecule has 3 heterocycles. The van der Waals surface area contributed by atoms with E-state index in [1.54, 1.807) is 0 Å². The van der Waals surface area contributed by atoms with Crippen LogP contribution in [0.4, 0.5) is 0 Å². The number of hydrogen-bond acceptors (Lipinski definition) is 4. The van der Waals surface area contributed by atoms with Gasteiger partial charge >= 0.3 is 0 Å². The van der Waals surface area contributed by atoms with Crippen molar-refractivity contribution < 1.29 is 9.21 Å². The summed E-state index contributed by atoms with van der Waals surface area (Å²) in [5.41, 5.74) is 4.01. The van der Waals surface area contributed by atoms with Crippen molar-refractivity contribution in [3.63, 3.8) is 0 Å². The molecule has 1 N–H and O–H groups in total. The summed E-state index contributed by atoms with van der Waals surface area (Å²) in [6.45, 7) is 1.36. The molecule has 1 aliphatic heterocycles. The maximum absolute atomic E-state index is 12.8. The van der Waals surface area contributed by atoms with Gasteiger partial charge in [0.25, 0.3) is 5.91 Å². The van der Waals surface area contributed by atoms with Crippen LogP contribution in [0.1, 0.15) is 35.1 Å². The number of hydrogen-bond donors (Lipinski definition) is 1. The van der Waals surface area contributed by atoms with Gasteiger partial charge in [-0.05, 0) is 31.0 Å². The first-order valence-electron chi connectivity index (χ1n) is 9.53. The number of aromatic amines is 1. The fraction of sp³-hybridized carbons (Fsp3) is 0.227. The average Bonchev–Trinajstić information content (AvgIpc) is 3.41. The van der Waals surface area contributed by atoms with Crippen LogP contribution in [-0.4, -0.2) is 39.1 Å². The molecule has 1 saturated heterocycles. The third kappa shape index (κ3) is 3.07. The van der Waals surface area contributed by atoms with Crippen LogP contribution in [-0.2, 0) is 0 Å². The van der Waals surface area contributed by atoms with E-state index in [0.717, 1.165) is 41.1 Å². The number of aromatic nitrogens is 3. The van der Waals surface area contributed by atoms with E-state index in [1.807, 2.05) is 65.6 Å². The van der Waals surface area contributed by atoms with Gasteiger partial charge in [-0.25, -0.2) is 4.98 Å². The fourth-order valence-electron chi connectivity index (χ4n) is 3.75. The normalized spacial score (nSPS) is 15.2. The van der Waals surface area contributed by atoms with Gasteiger partial charge in [-0.1, -0.05) is 42.5 Å². The smallest absolute Gasteiger partial charge is 0.271 e. The molecule has 0 unspecified atom stereocenters. The predicted octanol–water partition coefficient (Wildman–Crippen LogP) is 4.24. The van der Waals surface area contributed by atoms with Gasteiger partial charge < -0.3 is 9.32 Å². The topological polar surface area (TPSA) is 75.0 Å². The molecule has 6 heteroatoms. The Morgan fingerprint density at radius 3 is 2.57 bits per heavy atom. The molecule has 0 spiro atoms. The highest BCUT2D eigenvalue weighted by molar-refractivity contribution is 5.93. The first kappa shape index (κ1) is 16.7. The quantitative estimate of drug-likeness (QED) is 0.584. The van der Waals surface area contributed by atoms with Crippen molar-refractivity contribution in [3.8, 4) is 11.3 Å². The second-order valence-electron chi connectivity index (χ2n) is 7.12. The zero-order valence-electron chi connectivity index (χ0n) is 15.3. The molecule has 0 saturated carbocycles. The lowest BCUT2D eigenvalue weighted by Gasteiger charge is -2.30. The number of carbonyl (C=O) groups excluding carboxylic acids is 1. The number of H-pyrrole nitrogens is 1. The minimum atomic E-state index is -0.00861. The Labute approximate surface area is 162 Å². The van der Waals surface area contributed by atoms with Gasteiger partial charge in [0.2, 0.25) is 0 Å².